The number of nitrogens with zero attached hydrogens (tertiary/aromatic N) is 1. The average Bonchev–Trinajstić information content (AvgIpc) is 2.86. The Bertz CT molecular complexity index is 482. The molecule has 1 fully saturated rings. The number of para-hydroxylation sites is 1. The van der Waals surface area contributed by atoms with E-state index in [9.17, 15) is 0 Å². The Morgan fingerprint density at radius 1 is 1.31 bits per heavy atom. The molecule has 84 valence electrons. The molecule has 0 aliphatic carbocycles. The summed E-state index contributed by atoms with van der Waals surface area (Å²) in [5.74, 6) is 0. The van der Waals surface area contributed by atoms with Gasteiger partial charge in [-0.2, -0.15) is 0 Å². The first-order valence-electron chi connectivity index (χ1n) is 6.32. The normalized spacial score (nSPS) is 39.0. The zero-order chi connectivity index (χ0) is 11.0. The molecule has 1 aromatic carbocycles. The molecule has 3 aliphatic heterocycles. The predicted octanol–water partition coefficient (Wildman–Crippen LogP) is 2.03. The molecule has 1 aromatic rings. The summed E-state index contributed by atoms with van der Waals surface area (Å²) in [6.45, 7) is 7.15. The molecule has 1 N–H and O–H groups in total. The molecular formula is C14H18N2. The van der Waals surface area contributed by atoms with Crippen molar-refractivity contribution in [3.8, 4) is 0 Å². The fraction of sp³-hybridized carbons (Fsp3) is 0.571. The van der Waals surface area contributed by atoms with Crippen molar-refractivity contribution in [2.24, 2.45) is 0 Å². The first-order valence-corrected chi connectivity index (χ1v) is 6.32. The van der Waals surface area contributed by atoms with Gasteiger partial charge in [-0.3, -0.25) is 5.32 Å². The molecule has 16 heavy (non-hydrogen) atoms. The SMILES string of the molecule is CC12CCNC1(C)N1CCc3cccc2c31. The van der Waals surface area contributed by atoms with Gasteiger partial charge in [0.2, 0.25) is 0 Å². The fourth-order valence-corrected chi connectivity index (χ4v) is 4.13. The molecular weight excluding hydrogens is 196 g/mol. The van der Waals surface area contributed by atoms with E-state index in [4.69, 9.17) is 0 Å². The molecule has 4 rings (SSSR count). The maximum absolute atomic E-state index is 3.74. The fourth-order valence-electron chi connectivity index (χ4n) is 4.13. The van der Waals surface area contributed by atoms with Crippen molar-refractivity contribution in [1.29, 1.82) is 0 Å². The first-order chi connectivity index (χ1) is 7.67. The van der Waals surface area contributed by atoms with Crippen LogP contribution in [0.4, 0.5) is 5.69 Å². The Balaban J connectivity index is 2.07. The maximum Gasteiger partial charge on any atom is 0.0976 e. The number of benzene rings is 1. The van der Waals surface area contributed by atoms with Gasteiger partial charge >= 0.3 is 0 Å². The van der Waals surface area contributed by atoms with Crippen LogP contribution in [0, 0.1) is 0 Å². The first kappa shape index (κ1) is 9.06. The third-order valence-electron chi connectivity index (χ3n) is 5.30. The van der Waals surface area contributed by atoms with Gasteiger partial charge in [0.25, 0.3) is 0 Å². The van der Waals surface area contributed by atoms with Gasteiger partial charge in [0.05, 0.1) is 5.66 Å². The molecule has 2 heteroatoms. The van der Waals surface area contributed by atoms with Crippen molar-refractivity contribution in [1.82, 2.24) is 5.32 Å². The molecule has 0 amide bonds. The van der Waals surface area contributed by atoms with Crippen LogP contribution in [0.5, 0.6) is 0 Å². The van der Waals surface area contributed by atoms with E-state index in [1.807, 2.05) is 0 Å². The Labute approximate surface area is 96.6 Å². The highest BCUT2D eigenvalue weighted by Gasteiger charge is 2.60. The lowest BCUT2D eigenvalue weighted by Gasteiger charge is -2.41. The average molecular weight is 214 g/mol. The lowest BCUT2D eigenvalue weighted by molar-refractivity contribution is 0.286. The van der Waals surface area contributed by atoms with Gasteiger partial charge in [-0.25, -0.2) is 0 Å². The van der Waals surface area contributed by atoms with Crippen LogP contribution in [-0.2, 0) is 11.8 Å². The highest BCUT2D eigenvalue weighted by Crippen LogP contribution is 2.57. The maximum atomic E-state index is 3.74. The monoisotopic (exact) mass is 214 g/mol. The quantitative estimate of drug-likeness (QED) is 0.711. The molecule has 2 nitrogen and oxygen atoms in total. The third kappa shape index (κ3) is 0.717. The van der Waals surface area contributed by atoms with E-state index < -0.39 is 0 Å². The minimum atomic E-state index is 0.155. The van der Waals surface area contributed by atoms with E-state index in [1.54, 1.807) is 16.8 Å². The molecule has 0 aromatic heterocycles. The smallest absolute Gasteiger partial charge is 0.0976 e. The third-order valence-corrected chi connectivity index (χ3v) is 5.30. The molecule has 0 saturated carbocycles. The predicted molar refractivity (Wildman–Crippen MR) is 65.9 cm³/mol. The second-order valence-corrected chi connectivity index (χ2v) is 5.80. The van der Waals surface area contributed by atoms with Gasteiger partial charge in [-0.1, -0.05) is 25.1 Å². The summed E-state index contributed by atoms with van der Waals surface area (Å²) in [4.78, 5) is 2.62. The second kappa shape index (κ2) is 2.45. The van der Waals surface area contributed by atoms with E-state index in [-0.39, 0.29) is 5.66 Å². The summed E-state index contributed by atoms with van der Waals surface area (Å²) in [6, 6.07) is 6.88. The second-order valence-electron chi connectivity index (χ2n) is 5.80. The van der Waals surface area contributed by atoms with Gasteiger partial charge in [-0.15, -0.1) is 0 Å². The van der Waals surface area contributed by atoms with Crippen molar-refractivity contribution < 1.29 is 0 Å². The van der Waals surface area contributed by atoms with Crippen LogP contribution < -0.4 is 10.2 Å². The summed E-state index contributed by atoms with van der Waals surface area (Å²) < 4.78 is 0. The largest absolute Gasteiger partial charge is 0.352 e. The molecule has 3 aliphatic rings. The van der Waals surface area contributed by atoms with Crippen LogP contribution in [0.1, 0.15) is 31.4 Å². The Morgan fingerprint density at radius 2 is 2.19 bits per heavy atom. The van der Waals surface area contributed by atoms with Gasteiger partial charge < -0.3 is 4.90 Å². The minimum absolute atomic E-state index is 0.155. The van der Waals surface area contributed by atoms with Crippen LogP contribution >= 0.6 is 0 Å². The van der Waals surface area contributed by atoms with Crippen LogP contribution in [0.25, 0.3) is 0 Å². The summed E-state index contributed by atoms with van der Waals surface area (Å²) in [6.07, 6.45) is 2.48. The molecule has 1 saturated heterocycles. The Morgan fingerprint density at radius 3 is 3.06 bits per heavy atom. The molecule has 0 spiro atoms. The van der Waals surface area contributed by atoms with E-state index >= 15 is 0 Å². The standard InChI is InChI=1S/C14H18N2/c1-13-7-8-15-14(13,2)16-9-6-10-4-3-5-11(13)12(10)16/h3-5,15H,6-9H2,1-2H3. The van der Waals surface area contributed by atoms with E-state index in [0.717, 1.165) is 6.54 Å². The highest BCUT2D eigenvalue weighted by atomic mass is 15.4. The summed E-state index contributed by atoms with van der Waals surface area (Å²) >= 11 is 0. The number of fused-ring (bicyclic) bond motifs is 3. The molecule has 0 radical (unpaired) electrons. The summed E-state index contributed by atoms with van der Waals surface area (Å²) in [7, 11) is 0. The van der Waals surface area contributed by atoms with Crippen molar-refractivity contribution in [3.63, 3.8) is 0 Å². The van der Waals surface area contributed by atoms with Crippen LogP contribution in [-0.4, -0.2) is 18.8 Å². The topological polar surface area (TPSA) is 15.3 Å². The number of hydrogen-bond donors (Lipinski definition) is 1. The summed E-state index contributed by atoms with van der Waals surface area (Å²) in [5.41, 5.74) is 5.13. The zero-order valence-electron chi connectivity index (χ0n) is 10.0. The van der Waals surface area contributed by atoms with Crippen molar-refractivity contribution in [2.75, 3.05) is 18.0 Å². The van der Waals surface area contributed by atoms with Gasteiger partial charge in [0.15, 0.2) is 0 Å². The van der Waals surface area contributed by atoms with Gasteiger partial charge in [-0.05, 0) is 37.4 Å². The van der Waals surface area contributed by atoms with Crippen LogP contribution in [0.15, 0.2) is 18.2 Å². The molecule has 2 atom stereocenters. The lowest BCUT2D eigenvalue weighted by Crippen LogP contribution is -2.58. The van der Waals surface area contributed by atoms with Crippen molar-refractivity contribution in [2.45, 2.75) is 37.8 Å². The number of hydrogen-bond acceptors (Lipinski definition) is 2. The Kier molecular flexibility index (Phi) is 1.39. The number of rotatable bonds is 0. The minimum Gasteiger partial charge on any atom is -0.352 e. The Hall–Kier alpha value is -1.02. The highest BCUT2D eigenvalue weighted by molar-refractivity contribution is 5.73. The molecule has 0 bridgehead atoms. The van der Waals surface area contributed by atoms with Crippen LogP contribution in [0.3, 0.4) is 0 Å². The van der Waals surface area contributed by atoms with E-state index in [2.05, 4.69) is 42.3 Å². The summed E-state index contributed by atoms with van der Waals surface area (Å²) in [5, 5.41) is 3.74. The van der Waals surface area contributed by atoms with Crippen molar-refractivity contribution >= 4 is 5.69 Å². The number of anilines is 1. The van der Waals surface area contributed by atoms with E-state index in [1.165, 1.54) is 19.4 Å². The van der Waals surface area contributed by atoms with Crippen LogP contribution in [0.2, 0.25) is 0 Å². The zero-order valence-corrected chi connectivity index (χ0v) is 10.0. The van der Waals surface area contributed by atoms with Gasteiger partial charge in [0, 0.05) is 17.6 Å². The number of nitrogens with one attached hydrogen (secondary N) is 1. The van der Waals surface area contributed by atoms with E-state index in [0.29, 0.717) is 5.41 Å². The van der Waals surface area contributed by atoms with Gasteiger partial charge in [0.1, 0.15) is 0 Å². The molecule has 2 unspecified atom stereocenters. The molecule has 3 heterocycles. The lowest BCUT2D eigenvalue weighted by atomic mass is 9.74. The van der Waals surface area contributed by atoms with Crippen molar-refractivity contribution in [3.05, 3.63) is 29.3 Å².